The maximum absolute atomic E-state index is 13.4. The van der Waals surface area contributed by atoms with Crippen LogP contribution in [-0.2, 0) is 14.4 Å². The second-order valence-electron chi connectivity index (χ2n) is 8.37. The highest BCUT2D eigenvalue weighted by Gasteiger charge is 2.64. The van der Waals surface area contributed by atoms with Gasteiger partial charge in [0.15, 0.2) is 17.2 Å². The Balaban J connectivity index is 2.03. The molecule has 158 valence electrons. The van der Waals surface area contributed by atoms with E-state index in [-0.39, 0.29) is 16.9 Å². The van der Waals surface area contributed by atoms with Gasteiger partial charge in [0.05, 0.1) is 11.7 Å². The molecule has 5 atom stereocenters. The highest BCUT2D eigenvalue weighted by molar-refractivity contribution is 6.23. The highest BCUT2D eigenvalue weighted by atomic mass is 16.4. The van der Waals surface area contributed by atoms with Crippen molar-refractivity contribution in [3.8, 4) is 5.75 Å². The summed E-state index contributed by atoms with van der Waals surface area (Å²) in [6.45, 7) is 4.34. The summed E-state index contributed by atoms with van der Waals surface area (Å²) in [4.78, 5) is 37.7. The van der Waals surface area contributed by atoms with Crippen LogP contribution in [0.3, 0.4) is 0 Å². The normalized spacial score (nSPS) is 33.2. The van der Waals surface area contributed by atoms with E-state index in [0.717, 1.165) is 6.92 Å². The number of carbonyl (C=O) groups excluding carboxylic acids is 3. The summed E-state index contributed by atoms with van der Waals surface area (Å²) in [5.41, 5.74) is -2.77. The van der Waals surface area contributed by atoms with E-state index in [0.29, 0.717) is 11.1 Å². The zero-order valence-corrected chi connectivity index (χ0v) is 16.6. The fraction of sp³-hybridized carbons (Fsp3) is 0.409. The van der Waals surface area contributed by atoms with Gasteiger partial charge in [-0.1, -0.05) is 19.1 Å². The number of allylic oxidation sites excluding steroid dienone is 1. The number of carbonyl (C=O) groups is 3. The van der Waals surface area contributed by atoms with Crippen LogP contribution in [0.2, 0.25) is 0 Å². The molecule has 0 unspecified atom stereocenters. The molecule has 30 heavy (non-hydrogen) atoms. The second-order valence-corrected chi connectivity index (χ2v) is 8.37. The topological polar surface area (TPSA) is 152 Å². The molecule has 0 radical (unpaired) electrons. The lowest BCUT2D eigenvalue weighted by Gasteiger charge is -2.50. The van der Waals surface area contributed by atoms with Crippen LogP contribution < -0.4 is 0 Å². The van der Waals surface area contributed by atoms with Crippen molar-refractivity contribution in [3.05, 3.63) is 45.7 Å². The third-order valence-corrected chi connectivity index (χ3v) is 6.81. The zero-order valence-electron chi connectivity index (χ0n) is 16.6. The minimum atomic E-state index is -2.73. The summed E-state index contributed by atoms with van der Waals surface area (Å²) in [5.74, 6) is -7.52. The van der Waals surface area contributed by atoms with Gasteiger partial charge < -0.3 is 25.5 Å². The average molecular weight is 414 g/mol. The first-order valence-electron chi connectivity index (χ1n) is 9.63. The van der Waals surface area contributed by atoms with Gasteiger partial charge in [0.2, 0.25) is 5.78 Å². The van der Waals surface area contributed by atoms with Crippen LogP contribution in [0.5, 0.6) is 5.75 Å². The standard InChI is InChI=1S/C22H22O8/c1-7-4-5-10-8(2)13-16(19(27)15(10)17(7)25)21(29)22(30)11(18(13)26)6-12(24)14(9(3)23)20(22)28/h4-5,8,11,13,18,25-28,30H,6H2,1-3H3/t8-,11+,13+,18+,22+/m0/s1. The van der Waals surface area contributed by atoms with E-state index in [2.05, 4.69) is 0 Å². The van der Waals surface area contributed by atoms with Gasteiger partial charge in [-0.2, -0.15) is 0 Å². The lowest BCUT2D eigenvalue weighted by molar-refractivity contribution is -0.160. The third-order valence-electron chi connectivity index (χ3n) is 6.81. The molecule has 8 nitrogen and oxygen atoms in total. The molecule has 4 rings (SSSR count). The Labute approximate surface area is 171 Å². The number of hydrogen-bond donors (Lipinski definition) is 5. The lowest BCUT2D eigenvalue weighted by Crippen LogP contribution is -2.63. The highest BCUT2D eigenvalue weighted by Crippen LogP contribution is 2.55. The van der Waals surface area contributed by atoms with E-state index in [1.54, 1.807) is 26.0 Å². The number of ketones is 3. The van der Waals surface area contributed by atoms with E-state index in [9.17, 15) is 39.9 Å². The molecule has 3 aliphatic rings. The molecule has 1 aromatic rings. The van der Waals surface area contributed by atoms with E-state index in [1.165, 1.54) is 0 Å². The monoisotopic (exact) mass is 414 g/mol. The number of aromatic hydroxyl groups is 1. The van der Waals surface area contributed by atoms with Crippen LogP contribution in [0.1, 0.15) is 42.9 Å². The molecule has 5 N–H and O–H groups in total. The van der Waals surface area contributed by atoms with Crippen LogP contribution in [0, 0.1) is 18.8 Å². The van der Waals surface area contributed by atoms with Gasteiger partial charge in [-0.15, -0.1) is 0 Å². The second kappa shape index (κ2) is 6.26. The summed E-state index contributed by atoms with van der Waals surface area (Å²) in [5, 5.41) is 54.3. The Bertz CT molecular complexity index is 1090. The van der Waals surface area contributed by atoms with Gasteiger partial charge in [0.1, 0.15) is 22.8 Å². The number of phenols is 1. The number of aliphatic hydroxyl groups is 4. The van der Waals surface area contributed by atoms with E-state index >= 15 is 0 Å². The van der Waals surface area contributed by atoms with Gasteiger partial charge in [-0.05, 0) is 30.9 Å². The number of Topliss-reactive ketones (excluding diaryl/α,β-unsaturated/α-hetero) is 3. The molecule has 1 aromatic carbocycles. The fourth-order valence-corrected chi connectivity index (χ4v) is 5.21. The third kappa shape index (κ3) is 2.26. The largest absolute Gasteiger partial charge is 0.508 e. The average Bonchev–Trinajstić information content (AvgIpc) is 2.67. The number of aliphatic hydroxyl groups excluding tert-OH is 3. The summed E-state index contributed by atoms with van der Waals surface area (Å²) in [7, 11) is 0. The van der Waals surface area contributed by atoms with Crippen LogP contribution in [-0.4, -0.2) is 54.6 Å². The molecular weight excluding hydrogens is 392 g/mol. The fourth-order valence-electron chi connectivity index (χ4n) is 5.21. The van der Waals surface area contributed by atoms with Crippen LogP contribution in [0.25, 0.3) is 5.76 Å². The Morgan fingerprint density at radius 3 is 2.40 bits per heavy atom. The molecule has 1 fully saturated rings. The minimum absolute atomic E-state index is 0.0264. The van der Waals surface area contributed by atoms with Gasteiger partial charge in [-0.3, -0.25) is 14.4 Å². The van der Waals surface area contributed by atoms with Crippen LogP contribution >= 0.6 is 0 Å². The van der Waals surface area contributed by atoms with E-state index in [1.807, 2.05) is 0 Å². The molecule has 0 heterocycles. The smallest absolute Gasteiger partial charge is 0.202 e. The first-order valence-corrected chi connectivity index (χ1v) is 9.63. The summed E-state index contributed by atoms with van der Waals surface area (Å²) < 4.78 is 0. The Kier molecular flexibility index (Phi) is 4.24. The van der Waals surface area contributed by atoms with Crippen molar-refractivity contribution in [1.29, 1.82) is 0 Å². The predicted octanol–water partition coefficient (Wildman–Crippen LogP) is 1.37. The Morgan fingerprint density at radius 2 is 1.80 bits per heavy atom. The first kappa shape index (κ1) is 20.3. The van der Waals surface area contributed by atoms with Crippen LogP contribution in [0.4, 0.5) is 0 Å². The van der Waals surface area contributed by atoms with Crippen molar-refractivity contribution in [2.24, 2.45) is 11.8 Å². The quantitative estimate of drug-likeness (QED) is 0.432. The summed E-state index contributed by atoms with van der Waals surface area (Å²) in [6.07, 6.45) is -1.98. The maximum Gasteiger partial charge on any atom is 0.202 e. The van der Waals surface area contributed by atoms with Crippen LogP contribution in [0.15, 0.2) is 29.0 Å². The molecule has 8 heteroatoms. The number of rotatable bonds is 1. The van der Waals surface area contributed by atoms with Gasteiger partial charge >= 0.3 is 0 Å². The van der Waals surface area contributed by atoms with Crippen molar-refractivity contribution >= 4 is 23.1 Å². The number of aryl methyl sites for hydroxylation is 1. The van der Waals surface area contributed by atoms with Crippen molar-refractivity contribution < 1.29 is 39.9 Å². The Hall–Kier alpha value is -2.97. The van der Waals surface area contributed by atoms with Crippen molar-refractivity contribution in [3.63, 3.8) is 0 Å². The molecule has 3 aliphatic carbocycles. The predicted molar refractivity (Wildman–Crippen MR) is 104 cm³/mol. The lowest BCUT2D eigenvalue weighted by atomic mass is 9.55. The maximum atomic E-state index is 13.4. The number of fused-ring (bicyclic) bond motifs is 3. The first-order chi connectivity index (χ1) is 13.9. The molecule has 0 aromatic heterocycles. The van der Waals surface area contributed by atoms with Gasteiger partial charge in [0, 0.05) is 23.8 Å². The van der Waals surface area contributed by atoms with Crippen molar-refractivity contribution in [1.82, 2.24) is 0 Å². The molecule has 0 spiro atoms. The molecule has 0 aliphatic heterocycles. The van der Waals surface area contributed by atoms with Crippen molar-refractivity contribution in [2.75, 3.05) is 0 Å². The minimum Gasteiger partial charge on any atom is -0.508 e. The molecular formula is C22H22O8. The number of phenolic OH excluding ortho intramolecular Hbond substituents is 1. The Morgan fingerprint density at radius 1 is 1.17 bits per heavy atom. The van der Waals surface area contributed by atoms with Gasteiger partial charge in [0.25, 0.3) is 0 Å². The molecule has 0 saturated heterocycles. The number of benzene rings is 1. The summed E-state index contributed by atoms with van der Waals surface area (Å²) >= 11 is 0. The van der Waals surface area contributed by atoms with E-state index in [4.69, 9.17) is 0 Å². The zero-order chi connectivity index (χ0) is 22.3. The SMILES string of the molecule is CC(=O)C1=C(O)[C@@]2(O)C(=O)C3=C(O)c4c(ccc(C)c4O)[C@H](C)[C@H]3[C@H](O)[C@H]2CC1=O. The van der Waals surface area contributed by atoms with Crippen molar-refractivity contribution in [2.45, 2.75) is 44.8 Å². The molecule has 1 saturated carbocycles. The molecule has 0 amide bonds. The summed E-state index contributed by atoms with van der Waals surface area (Å²) in [6, 6.07) is 3.32. The van der Waals surface area contributed by atoms with Gasteiger partial charge in [-0.25, -0.2) is 0 Å². The molecule has 0 bridgehead atoms. The number of hydrogen-bond acceptors (Lipinski definition) is 8. The van der Waals surface area contributed by atoms with E-state index < -0.39 is 70.3 Å².